The molecule has 1 N–H and O–H groups in total. The number of morpholine rings is 1. The summed E-state index contributed by atoms with van der Waals surface area (Å²) in [5.74, 6) is 0.710. The first-order chi connectivity index (χ1) is 10.4. The van der Waals surface area contributed by atoms with Gasteiger partial charge >= 0.3 is 0 Å². The molecule has 4 heteroatoms. The minimum absolute atomic E-state index is 0.639. The average Bonchev–Trinajstić information content (AvgIpc) is 2.92. The molecule has 3 rings (SSSR count). The zero-order valence-corrected chi connectivity index (χ0v) is 13.4. The van der Waals surface area contributed by atoms with E-state index in [1.807, 2.05) is 0 Å². The monoisotopic (exact) mass is 296 g/mol. The summed E-state index contributed by atoms with van der Waals surface area (Å²) in [6.07, 6.45) is 9.66. The fourth-order valence-electron chi connectivity index (χ4n) is 4.13. The van der Waals surface area contributed by atoms with Crippen LogP contribution in [0, 0.1) is 5.92 Å². The number of hydrogen-bond donors (Lipinski definition) is 1. The third-order valence-corrected chi connectivity index (χ3v) is 5.49. The summed E-state index contributed by atoms with van der Waals surface area (Å²) in [6, 6.07) is 1.39. The molecule has 1 aliphatic carbocycles. The smallest absolute Gasteiger partial charge is 0.0594 e. The fraction of sp³-hybridized carbons (Fsp3) is 1.00. The van der Waals surface area contributed by atoms with Crippen molar-refractivity contribution in [1.82, 2.24) is 10.2 Å². The number of hydrogen-bond acceptors (Lipinski definition) is 4. The van der Waals surface area contributed by atoms with Crippen LogP contribution in [0.3, 0.4) is 0 Å². The molecule has 2 aliphatic heterocycles. The molecule has 3 fully saturated rings. The van der Waals surface area contributed by atoms with Gasteiger partial charge in [-0.05, 0) is 19.3 Å². The first kappa shape index (κ1) is 15.7. The van der Waals surface area contributed by atoms with E-state index in [1.54, 1.807) is 0 Å². The standard InChI is InChI=1S/C17H32N2O2/c1-2-4-6-16(5-3-1)18-13-17(15-7-10-21-14-15)19-8-11-20-12-9-19/h15-18H,1-14H2/t15-,17-/m0/s1. The van der Waals surface area contributed by atoms with E-state index in [0.717, 1.165) is 52.1 Å². The van der Waals surface area contributed by atoms with Crippen LogP contribution in [0.5, 0.6) is 0 Å². The lowest BCUT2D eigenvalue weighted by Gasteiger charge is -2.38. The summed E-state index contributed by atoms with van der Waals surface area (Å²) < 4.78 is 11.2. The molecule has 0 bridgehead atoms. The summed E-state index contributed by atoms with van der Waals surface area (Å²) in [4.78, 5) is 2.65. The fourth-order valence-corrected chi connectivity index (χ4v) is 4.13. The van der Waals surface area contributed by atoms with Gasteiger partial charge in [0.1, 0.15) is 0 Å². The van der Waals surface area contributed by atoms with Crippen molar-refractivity contribution in [2.24, 2.45) is 5.92 Å². The highest BCUT2D eigenvalue weighted by atomic mass is 16.5. The lowest BCUT2D eigenvalue weighted by atomic mass is 9.96. The van der Waals surface area contributed by atoms with E-state index in [1.165, 1.54) is 44.9 Å². The van der Waals surface area contributed by atoms with Gasteiger partial charge in [0.05, 0.1) is 19.8 Å². The topological polar surface area (TPSA) is 33.7 Å². The van der Waals surface area contributed by atoms with E-state index in [9.17, 15) is 0 Å². The lowest BCUT2D eigenvalue weighted by Crippen LogP contribution is -2.52. The van der Waals surface area contributed by atoms with Crippen LogP contribution in [0.2, 0.25) is 0 Å². The largest absolute Gasteiger partial charge is 0.381 e. The molecule has 2 atom stereocenters. The maximum absolute atomic E-state index is 5.66. The molecule has 0 amide bonds. The molecule has 0 spiro atoms. The maximum atomic E-state index is 5.66. The first-order valence-corrected chi connectivity index (χ1v) is 9.06. The molecule has 4 nitrogen and oxygen atoms in total. The molecular weight excluding hydrogens is 264 g/mol. The molecule has 2 saturated heterocycles. The van der Waals surface area contributed by atoms with Gasteiger partial charge in [-0.3, -0.25) is 4.90 Å². The van der Waals surface area contributed by atoms with E-state index < -0.39 is 0 Å². The van der Waals surface area contributed by atoms with Gasteiger partial charge in [-0.1, -0.05) is 25.7 Å². The number of ether oxygens (including phenoxy) is 2. The summed E-state index contributed by atoms with van der Waals surface area (Å²) in [5, 5.41) is 3.90. The Kier molecular flexibility index (Phi) is 6.34. The molecule has 2 heterocycles. The molecule has 0 aromatic carbocycles. The molecule has 21 heavy (non-hydrogen) atoms. The molecule has 0 aromatic rings. The van der Waals surface area contributed by atoms with E-state index in [2.05, 4.69) is 10.2 Å². The van der Waals surface area contributed by atoms with E-state index in [4.69, 9.17) is 9.47 Å². The Hall–Kier alpha value is -0.160. The van der Waals surface area contributed by atoms with Crippen LogP contribution >= 0.6 is 0 Å². The van der Waals surface area contributed by atoms with Crippen LogP contribution in [0.25, 0.3) is 0 Å². The normalized spacial score (nSPS) is 31.1. The van der Waals surface area contributed by atoms with Crippen molar-refractivity contribution in [1.29, 1.82) is 0 Å². The highest BCUT2D eigenvalue weighted by Crippen LogP contribution is 2.23. The molecular formula is C17H32N2O2. The Morgan fingerprint density at radius 1 is 0.905 bits per heavy atom. The van der Waals surface area contributed by atoms with Crippen molar-refractivity contribution in [2.45, 2.75) is 57.0 Å². The first-order valence-electron chi connectivity index (χ1n) is 9.06. The van der Waals surface area contributed by atoms with Gasteiger partial charge < -0.3 is 14.8 Å². The predicted octanol–water partition coefficient (Wildman–Crippen LogP) is 2.04. The third-order valence-electron chi connectivity index (χ3n) is 5.49. The zero-order valence-electron chi connectivity index (χ0n) is 13.4. The van der Waals surface area contributed by atoms with Crippen molar-refractivity contribution in [3.05, 3.63) is 0 Å². The van der Waals surface area contributed by atoms with Crippen LogP contribution in [-0.2, 0) is 9.47 Å². The molecule has 0 radical (unpaired) electrons. The van der Waals surface area contributed by atoms with Gasteiger partial charge in [0.15, 0.2) is 0 Å². The summed E-state index contributed by atoms with van der Waals surface area (Å²) in [7, 11) is 0. The highest BCUT2D eigenvalue weighted by molar-refractivity contribution is 4.86. The van der Waals surface area contributed by atoms with E-state index in [-0.39, 0.29) is 0 Å². The number of nitrogens with one attached hydrogen (secondary N) is 1. The molecule has 0 unspecified atom stereocenters. The van der Waals surface area contributed by atoms with Gasteiger partial charge in [-0.25, -0.2) is 0 Å². The SMILES string of the molecule is C1CCCC(NC[C@@H]([C@H]2CCOC2)N2CCOCC2)CC1. The van der Waals surface area contributed by atoms with Crippen molar-refractivity contribution in [3.63, 3.8) is 0 Å². The Bertz CT molecular complexity index is 281. The van der Waals surface area contributed by atoms with Crippen LogP contribution in [0.4, 0.5) is 0 Å². The van der Waals surface area contributed by atoms with Crippen LogP contribution in [-0.4, -0.2) is 63.0 Å². The highest BCUT2D eigenvalue weighted by Gasteiger charge is 2.31. The van der Waals surface area contributed by atoms with Crippen LogP contribution in [0.1, 0.15) is 44.9 Å². The maximum Gasteiger partial charge on any atom is 0.0594 e. The van der Waals surface area contributed by atoms with Gasteiger partial charge in [-0.2, -0.15) is 0 Å². The van der Waals surface area contributed by atoms with Gasteiger partial charge in [-0.15, -0.1) is 0 Å². The van der Waals surface area contributed by atoms with Gasteiger partial charge in [0, 0.05) is 44.2 Å². The van der Waals surface area contributed by atoms with E-state index >= 15 is 0 Å². The Labute approximate surface area is 129 Å². The van der Waals surface area contributed by atoms with Gasteiger partial charge in [0.25, 0.3) is 0 Å². The summed E-state index contributed by atoms with van der Waals surface area (Å²) >= 11 is 0. The molecule has 1 saturated carbocycles. The second-order valence-corrected chi connectivity index (χ2v) is 6.94. The second-order valence-electron chi connectivity index (χ2n) is 6.94. The molecule has 122 valence electrons. The summed E-state index contributed by atoms with van der Waals surface area (Å²) in [6.45, 7) is 7.02. The quantitative estimate of drug-likeness (QED) is 0.787. The third kappa shape index (κ3) is 4.65. The van der Waals surface area contributed by atoms with E-state index in [0.29, 0.717) is 12.0 Å². The minimum atomic E-state index is 0.639. The minimum Gasteiger partial charge on any atom is -0.381 e. The predicted molar refractivity (Wildman–Crippen MR) is 84.6 cm³/mol. The second kappa shape index (κ2) is 8.47. The van der Waals surface area contributed by atoms with Gasteiger partial charge in [0.2, 0.25) is 0 Å². The van der Waals surface area contributed by atoms with Crippen molar-refractivity contribution in [2.75, 3.05) is 46.1 Å². The Morgan fingerprint density at radius 2 is 1.67 bits per heavy atom. The molecule has 3 aliphatic rings. The summed E-state index contributed by atoms with van der Waals surface area (Å²) in [5.41, 5.74) is 0. The Morgan fingerprint density at radius 3 is 2.33 bits per heavy atom. The zero-order chi connectivity index (χ0) is 14.3. The molecule has 0 aromatic heterocycles. The van der Waals surface area contributed by atoms with Crippen molar-refractivity contribution in [3.8, 4) is 0 Å². The number of nitrogens with zero attached hydrogens (tertiary/aromatic N) is 1. The lowest BCUT2D eigenvalue weighted by molar-refractivity contribution is 0.000708. The van der Waals surface area contributed by atoms with Crippen LogP contribution < -0.4 is 5.32 Å². The van der Waals surface area contributed by atoms with Crippen LogP contribution in [0.15, 0.2) is 0 Å². The number of rotatable bonds is 5. The van der Waals surface area contributed by atoms with Crippen molar-refractivity contribution >= 4 is 0 Å². The van der Waals surface area contributed by atoms with Crippen molar-refractivity contribution < 1.29 is 9.47 Å². The average molecular weight is 296 g/mol. The Balaban J connectivity index is 1.53.